The lowest BCUT2D eigenvalue weighted by molar-refractivity contribution is 0.112. The largest absolute Gasteiger partial charge is 0.495 e. The Balaban J connectivity index is 2.63. The summed E-state index contributed by atoms with van der Waals surface area (Å²) in [6.45, 7) is 0. The monoisotopic (exact) mass is 267 g/mol. The second-order valence-electron chi connectivity index (χ2n) is 4.07. The number of aldehydes is 1. The fourth-order valence-corrected chi connectivity index (χ4v) is 2.07. The van der Waals surface area contributed by atoms with E-state index in [0.717, 1.165) is 17.4 Å². The standard InChI is InChI=1S/C16H13NO3/c1-19-15-7-6-11(8-13(15)9-17)14-5-3-4-12(10-18)16(14)20-2/h3-8,10H,1-2H3. The number of nitriles is 1. The quantitative estimate of drug-likeness (QED) is 0.799. The Morgan fingerprint density at radius 1 is 1.15 bits per heavy atom. The molecule has 0 heterocycles. The van der Waals surface area contributed by atoms with E-state index in [-0.39, 0.29) is 0 Å². The lowest BCUT2D eigenvalue weighted by atomic mass is 9.99. The van der Waals surface area contributed by atoms with Gasteiger partial charge in [-0.2, -0.15) is 5.26 Å². The second-order valence-corrected chi connectivity index (χ2v) is 4.07. The van der Waals surface area contributed by atoms with Crippen LogP contribution in [0.4, 0.5) is 0 Å². The van der Waals surface area contributed by atoms with Crippen molar-refractivity contribution >= 4 is 6.29 Å². The van der Waals surface area contributed by atoms with Crippen molar-refractivity contribution in [2.75, 3.05) is 14.2 Å². The van der Waals surface area contributed by atoms with Gasteiger partial charge in [0.2, 0.25) is 0 Å². The summed E-state index contributed by atoms with van der Waals surface area (Å²) < 4.78 is 10.4. The third-order valence-electron chi connectivity index (χ3n) is 3.01. The Bertz CT molecular complexity index is 687. The van der Waals surface area contributed by atoms with Gasteiger partial charge in [-0.15, -0.1) is 0 Å². The number of nitrogens with zero attached hydrogens (tertiary/aromatic N) is 1. The third-order valence-corrected chi connectivity index (χ3v) is 3.01. The number of hydrogen-bond donors (Lipinski definition) is 0. The molecule has 0 aromatic heterocycles. The van der Waals surface area contributed by atoms with E-state index < -0.39 is 0 Å². The molecule has 0 bridgehead atoms. The second kappa shape index (κ2) is 5.89. The van der Waals surface area contributed by atoms with Crippen LogP contribution in [0.1, 0.15) is 15.9 Å². The number of ether oxygens (including phenoxy) is 2. The molecule has 0 spiro atoms. The summed E-state index contributed by atoms with van der Waals surface area (Å²) in [5.41, 5.74) is 2.46. The summed E-state index contributed by atoms with van der Waals surface area (Å²) in [7, 11) is 3.03. The van der Waals surface area contributed by atoms with Crippen LogP contribution in [-0.2, 0) is 0 Å². The summed E-state index contributed by atoms with van der Waals surface area (Å²) >= 11 is 0. The van der Waals surface area contributed by atoms with Crippen molar-refractivity contribution in [1.82, 2.24) is 0 Å². The molecule has 2 rings (SSSR count). The minimum absolute atomic E-state index is 0.434. The van der Waals surface area contributed by atoms with Crippen molar-refractivity contribution < 1.29 is 14.3 Å². The normalized spacial score (nSPS) is 9.65. The van der Waals surface area contributed by atoms with E-state index in [9.17, 15) is 4.79 Å². The summed E-state index contributed by atoms with van der Waals surface area (Å²) in [5, 5.41) is 9.13. The molecular formula is C16H13NO3. The molecule has 0 aliphatic carbocycles. The summed E-state index contributed by atoms with van der Waals surface area (Å²) in [5.74, 6) is 1.01. The average molecular weight is 267 g/mol. The maximum atomic E-state index is 11.0. The van der Waals surface area contributed by atoms with Crippen LogP contribution in [0.5, 0.6) is 11.5 Å². The molecule has 0 radical (unpaired) electrons. The van der Waals surface area contributed by atoms with Gasteiger partial charge in [0.1, 0.15) is 17.6 Å². The van der Waals surface area contributed by atoms with Crippen molar-refractivity contribution in [1.29, 1.82) is 5.26 Å². The van der Waals surface area contributed by atoms with Crippen LogP contribution in [0.3, 0.4) is 0 Å². The molecule has 0 atom stereocenters. The zero-order chi connectivity index (χ0) is 14.5. The van der Waals surface area contributed by atoms with E-state index in [4.69, 9.17) is 14.7 Å². The van der Waals surface area contributed by atoms with Crippen molar-refractivity contribution in [3.8, 4) is 28.7 Å². The van der Waals surface area contributed by atoms with E-state index in [1.54, 1.807) is 24.3 Å². The first-order valence-electron chi connectivity index (χ1n) is 5.95. The highest BCUT2D eigenvalue weighted by Crippen LogP contribution is 2.34. The van der Waals surface area contributed by atoms with Crippen LogP contribution < -0.4 is 9.47 Å². The Morgan fingerprint density at radius 2 is 1.95 bits per heavy atom. The molecule has 0 N–H and O–H groups in total. The van der Waals surface area contributed by atoms with Crippen molar-refractivity contribution in [3.63, 3.8) is 0 Å². The van der Waals surface area contributed by atoms with Crippen LogP contribution in [-0.4, -0.2) is 20.5 Å². The van der Waals surface area contributed by atoms with E-state index in [2.05, 4.69) is 6.07 Å². The first-order valence-corrected chi connectivity index (χ1v) is 5.95. The van der Waals surface area contributed by atoms with Gasteiger partial charge in [0, 0.05) is 5.56 Å². The Hall–Kier alpha value is -2.80. The van der Waals surface area contributed by atoms with E-state index >= 15 is 0 Å². The smallest absolute Gasteiger partial charge is 0.153 e. The van der Waals surface area contributed by atoms with Crippen LogP contribution in [0.25, 0.3) is 11.1 Å². The van der Waals surface area contributed by atoms with Gasteiger partial charge in [0.05, 0.1) is 25.3 Å². The highest BCUT2D eigenvalue weighted by Gasteiger charge is 2.12. The number of methoxy groups -OCH3 is 2. The zero-order valence-electron chi connectivity index (χ0n) is 11.2. The molecule has 4 nitrogen and oxygen atoms in total. The molecule has 4 heteroatoms. The lowest BCUT2D eigenvalue weighted by Gasteiger charge is -2.12. The van der Waals surface area contributed by atoms with Gasteiger partial charge >= 0.3 is 0 Å². The fourth-order valence-electron chi connectivity index (χ4n) is 2.07. The molecule has 0 saturated heterocycles. The number of carbonyl (C=O) groups is 1. The number of para-hydroxylation sites is 1. The molecule has 0 fully saturated rings. The molecular weight excluding hydrogens is 254 g/mol. The van der Waals surface area contributed by atoms with Gasteiger partial charge in [-0.25, -0.2) is 0 Å². The topological polar surface area (TPSA) is 59.3 Å². The average Bonchev–Trinajstić information content (AvgIpc) is 2.53. The van der Waals surface area contributed by atoms with Crippen LogP contribution in [0.2, 0.25) is 0 Å². The third kappa shape index (κ3) is 2.34. The molecule has 2 aromatic carbocycles. The van der Waals surface area contributed by atoms with E-state index in [1.165, 1.54) is 14.2 Å². The van der Waals surface area contributed by atoms with Crippen LogP contribution in [0, 0.1) is 11.3 Å². The van der Waals surface area contributed by atoms with E-state index in [0.29, 0.717) is 22.6 Å². The number of carbonyl (C=O) groups excluding carboxylic acids is 1. The zero-order valence-corrected chi connectivity index (χ0v) is 11.2. The number of benzene rings is 2. The number of rotatable bonds is 4. The van der Waals surface area contributed by atoms with Crippen molar-refractivity contribution in [3.05, 3.63) is 47.5 Å². The molecule has 0 aliphatic heterocycles. The van der Waals surface area contributed by atoms with Gasteiger partial charge in [-0.05, 0) is 23.8 Å². The summed E-state index contributed by atoms with van der Waals surface area (Å²) in [6, 6.07) is 12.7. The minimum Gasteiger partial charge on any atom is -0.495 e. The predicted molar refractivity (Wildman–Crippen MR) is 75.1 cm³/mol. The first kappa shape index (κ1) is 13.6. The minimum atomic E-state index is 0.434. The highest BCUT2D eigenvalue weighted by molar-refractivity contribution is 5.86. The summed E-state index contributed by atoms with van der Waals surface area (Å²) in [6.07, 6.45) is 0.747. The van der Waals surface area contributed by atoms with Gasteiger partial charge in [-0.1, -0.05) is 18.2 Å². The SMILES string of the molecule is COc1ccc(-c2cccc(C=O)c2OC)cc1C#N. The predicted octanol–water partition coefficient (Wildman–Crippen LogP) is 3.05. The van der Waals surface area contributed by atoms with Gasteiger partial charge in [-0.3, -0.25) is 4.79 Å². The van der Waals surface area contributed by atoms with E-state index in [1.807, 2.05) is 12.1 Å². The Kier molecular flexibility index (Phi) is 4.02. The summed E-state index contributed by atoms with van der Waals surface area (Å²) in [4.78, 5) is 11.0. The lowest BCUT2D eigenvalue weighted by Crippen LogP contribution is -1.94. The molecule has 0 unspecified atom stereocenters. The molecule has 0 amide bonds. The fraction of sp³-hybridized carbons (Fsp3) is 0.125. The molecule has 0 aliphatic rings. The maximum absolute atomic E-state index is 11.0. The Morgan fingerprint density at radius 3 is 2.55 bits per heavy atom. The molecule has 20 heavy (non-hydrogen) atoms. The van der Waals surface area contributed by atoms with Crippen LogP contribution >= 0.6 is 0 Å². The molecule has 0 saturated carbocycles. The first-order chi connectivity index (χ1) is 9.74. The Labute approximate surface area is 117 Å². The molecule has 2 aromatic rings. The number of hydrogen-bond acceptors (Lipinski definition) is 4. The van der Waals surface area contributed by atoms with Gasteiger partial charge in [0.15, 0.2) is 6.29 Å². The highest BCUT2D eigenvalue weighted by atomic mass is 16.5. The van der Waals surface area contributed by atoms with Crippen molar-refractivity contribution in [2.24, 2.45) is 0 Å². The van der Waals surface area contributed by atoms with Gasteiger partial charge in [0.25, 0.3) is 0 Å². The van der Waals surface area contributed by atoms with Crippen LogP contribution in [0.15, 0.2) is 36.4 Å². The van der Waals surface area contributed by atoms with Gasteiger partial charge < -0.3 is 9.47 Å². The molecule has 100 valence electrons. The van der Waals surface area contributed by atoms with Crippen molar-refractivity contribution in [2.45, 2.75) is 0 Å². The maximum Gasteiger partial charge on any atom is 0.153 e.